The molecule has 0 saturated carbocycles. The quantitative estimate of drug-likeness (QED) is 0.607. The first-order valence-electron chi connectivity index (χ1n) is 4.53. The maximum absolute atomic E-state index is 10.6. The zero-order valence-corrected chi connectivity index (χ0v) is 7.95. The van der Waals surface area contributed by atoms with E-state index in [1.807, 2.05) is 18.2 Å². The van der Waals surface area contributed by atoms with Crippen LogP contribution < -0.4 is 4.90 Å². The fraction of sp³-hybridized carbons (Fsp3) is 0.364. The van der Waals surface area contributed by atoms with Crippen molar-refractivity contribution >= 4 is 12.0 Å². The van der Waals surface area contributed by atoms with Crippen LogP contribution in [0.2, 0.25) is 0 Å². The number of carbonyl (C=O) groups is 1. The average molecular weight is 175 g/mol. The zero-order valence-electron chi connectivity index (χ0n) is 7.95. The van der Waals surface area contributed by atoms with Crippen LogP contribution in [-0.4, -0.2) is 19.4 Å². The van der Waals surface area contributed by atoms with Crippen molar-refractivity contribution in [1.29, 1.82) is 0 Å². The maximum Gasteiger partial charge on any atom is 0.150 e. The van der Waals surface area contributed by atoms with Gasteiger partial charge in [0.2, 0.25) is 0 Å². The lowest BCUT2D eigenvalue weighted by atomic mass is 10.1. The number of hydrogen-bond acceptors (Lipinski definition) is 2. The van der Waals surface area contributed by atoms with Gasteiger partial charge in [-0.1, -0.05) is 0 Å². The smallest absolute Gasteiger partial charge is 0.150 e. The molecule has 1 aliphatic heterocycles. The van der Waals surface area contributed by atoms with Crippen molar-refractivity contribution in [2.45, 2.75) is 19.4 Å². The molecule has 1 atom stereocenters. The van der Waals surface area contributed by atoms with E-state index in [9.17, 15) is 4.79 Å². The molecule has 0 radical (unpaired) electrons. The van der Waals surface area contributed by atoms with Gasteiger partial charge in [-0.05, 0) is 37.1 Å². The number of benzene rings is 1. The highest BCUT2D eigenvalue weighted by Crippen LogP contribution is 2.30. The van der Waals surface area contributed by atoms with Crippen LogP contribution in [0.1, 0.15) is 22.8 Å². The Morgan fingerprint density at radius 2 is 2.31 bits per heavy atom. The minimum Gasteiger partial charge on any atom is -0.371 e. The van der Waals surface area contributed by atoms with Gasteiger partial charge in [-0.15, -0.1) is 0 Å². The van der Waals surface area contributed by atoms with Gasteiger partial charge in [0, 0.05) is 24.3 Å². The third-order valence-corrected chi connectivity index (χ3v) is 2.80. The Kier molecular flexibility index (Phi) is 1.83. The Balaban J connectivity index is 2.46. The molecule has 0 spiro atoms. The minimum absolute atomic E-state index is 0.553. The van der Waals surface area contributed by atoms with Gasteiger partial charge >= 0.3 is 0 Å². The highest BCUT2D eigenvalue weighted by Gasteiger charge is 2.22. The van der Waals surface area contributed by atoms with E-state index in [2.05, 4.69) is 18.9 Å². The fourth-order valence-corrected chi connectivity index (χ4v) is 1.88. The molecule has 1 aromatic carbocycles. The average Bonchev–Trinajstić information content (AvgIpc) is 2.42. The first-order valence-corrected chi connectivity index (χ1v) is 4.53. The molecule has 0 unspecified atom stereocenters. The lowest BCUT2D eigenvalue weighted by Crippen LogP contribution is -2.23. The summed E-state index contributed by atoms with van der Waals surface area (Å²) in [5.74, 6) is 0. The van der Waals surface area contributed by atoms with Gasteiger partial charge in [-0.3, -0.25) is 4.79 Å². The summed E-state index contributed by atoms with van der Waals surface area (Å²) >= 11 is 0. The Morgan fingerprint density at radius 3 is 3.00 bits per heavy atom. The van der Waals surface area contributed by atoms with E-state index >= 15 is 0 Å². The van der Waals surface area contributed by atoms with Gasteiger partial charge in [0.25, 0.3) is 0 Å². The van der Waals surface area contributed by atoms with Crippen molar-refractivity contribution in [3.8, 4) is 0 Å². The van der Waals surface area contributed by atoms with E-state index in [1.54, 1.807) is 0 Å². The summed E-state index contributed by atoms with van der Waals surface area (Å²) in [6.45, 7) is 2.20. The van der Waals surface area contributed by atoms with Crippen LogP contribution in [0.5, 0.6) is 0 Å². The fourth-order valence-electron chi connectivity index (χ4n) is 1.88. The lowest BCUT2D eigenvalue weighted by molar-refractivity contribution is 0.112. The largest absolute Gasteiger partial charge is 0.371 e. The Bertz CT molecular complexity index is 346. The number of fused-ring (bicyclic) bond motifs is 1. The van der Waals surface area contributed by atoms with Crippen LogP contribution in [0.15, 0.2) is 18.2 Å². The van der Waals surface area contributed by atoms with E-state index in [4.69, 9.17) is 0 Å². The third kappa shape index (κ3) is 1.22. The standard InChI is InChI=1S/C11H13NO/c1-8-5-10-6-9(7-13)3-4-11(10)12(8)2/h3-4,6-8H,5H2,1-2H3/t8-/m0/s1. The molecular weight excluding hydrogens is 162 g/mol. The molecule has 0 aliphatic carbocycles. The first kappa shape index (κ1) is 8.30. The number of anilines is 1. The number of carbonyl (C=O) groups excluding carboxylic acids is 1. The normalized spacial score (nSPS) is 20.2. The topological polar surface area (TPSA) is 20.3 Å². The predicted octanol–water partition coefficient (Wildman–Crippen LogP) is 1.88. The van der Waals surface area contributed by atoms with E-state index in [0.29, 0.717) is 6.04 Å². The molecule has 1 aromatic rings. The number of aldehydes is 1. The molecule has 0 amide bonds. The molecule has 0 bridgehead atoms. The lowest BCUT2D eigenvalue weighted by Gasteiger charge is -2.17. The van der Waals surface area contributed by atoms with E-state index in [0.717, 1.165) is 18.3 Å². The zero-order chi connectivity index (χ0) is 9.42. The Hall–Kier alpha value is -1.31. The van der Waals surface area contributed by atoms with E-state index in [-0.39, 0.29) is 0 Å². The van der Waals surface area contributed by atoms with Crippen LogP contribution in [0.25, 0.3) is 0 Å². The molecule has 2 heteroatoms. The second-order valence-electron chi connectivity index (χ2n) is 3.67. The van der Waals surface area contributed by atoms with E-state index < -0.39 is 0 Å². The van der Waals surface area contributed by atoms with Crippen LogP contribution in [0.4, 0.5) is 5.69 Å². The molecule has 68 valence electrons. The Labute approximate surface area is 78.2 Å². The SMILES string of the molecule is C[C@H]1Cc2cc(C=O)ccc2N1C. The summed E-state index contributed by atoms with van der Waals surface area (Å²) in [5.41, 5.74) is 3.33. The van der Waals surface area contributed by atoms with Crippen molar-refractivity contribution in [2.24, 2.45) is 0 Å². The predicted molar refractivity (Wildman–Crippen MR) is 53.4 cm³/mol. The van der Waals surface area contributed by atoms with Crippen molar-refractivity contribution in [2.75, 3.05) is 11.9 Å². The van der Waals surface area contributed by atoms with Crippen molar-refractivity contribution in [3.05, 3.63) is 29.3 Å². The summed E-state index contributed by atoms with van der Waals surface area (Å²) in [4.78, 5) is 12.8. The highest BCUT2D eigenvalue weighted by molar-refractivity contribution is 5.77. The molecule has 0 fully saturated rings. The molecule has 13 heavy (non-hydrogen) atoms. The van der Waals surface area contributed by atoms with Gasteiger partial charge in [-0.2, -0.15) is 0 Å². The summed E-state index contributed by atoms with van der Waals surface area (Å²) in [6.07, 6.45) is 1.96. The molecule has 1 aliphatic rings. The monoisotopic (exact) mass is 175 g/mol. The van der Waals surface area contributed by atoms with Gasteiger partial charge in [0.15, 0.2) is 0 Å². The number of rotatable bonds is 1. The molecule has 2 nitrogen and oxygen atoms in total. The number of nitrogens with zero attached hydrogens (tertiary/aromatic N) is 1. The first-order chi connectivity index (χ1) is 6.22. The van der Waals surface area contributed by atoms with Gasteiger partial charge < -0.3 is 4.90 Å². The van der Waals surface area contributed by atoms with Gasteiger partial charge in [-0.25, -0.2) is 0 Å². The minimum atomic E-state index is 0.553. The maximum atomic E-state index is 10.6. The molecule has 0 saturated heterocycles. The highest BCUT2D eigenvalue weighted by atomic mass is 16.1. The summed E-state index contributed by atoms with van der Waals surface area (Å²) in [6, 6.07) is 6.45. The molecular formula is C11H13NO. The summed E-state index contributed by atoms with van der Waals surface area (Å²) in [7, 11) is 2.09. The van der Waals surface area contributed by atoms with Gasteiger partial charge in [0.1, 0.15) is 6.29 Å². The van der Waals surface area contributed by atoms with Crippen LogP contribution >= 0.6 is 0 Å². The molecule has 0 aromatic heterocycles. The number of likely N-dealkylation sites (N-methyl/N-ethyl adjacent to an activating group) is 1. The third-order valence-electron chi connectivity index (χ3n) is 2.80. The molecule has 2 rings (SSSR count). The van der Waals surface area contributed by atoms with Crippen LogP contribution in [0.3, 0.4) is 0 Å². The van der Waals surface area contributed by atoms with Crippen molar-refractivity contribution < 1.29 is 4.79 Å². The number of hydrogen-bond donors (Lipinski definition) is 0. The summed E-state index contributed by atoms with van der Waals surface area (Å²) < 4.78 is 0. The van der Waals surface area contributed by atoms with Crippen molar-refractivity contribution in [3.63, 3.8) is 0 Å². The Morgan fingerprint density at radius 1 is 1.54 bits per heavy atom. The van der Waals surface area contributed by atoms with E-state index in [1.165, 1.54) is 11.3 Å². The second kappa shape index (κ2) is 2.87. The second-order valence-corrected chi connectivity index (χ2v) is 3.67. The van der Waals surface area contributed by atoms with Gasteiger partial charge in [0.05, 0.1) is 0 Å². The summed E-state index contributed by atoms with van der Waals surface area (Å²) in [5, 5.41) is 0. The van der Waals surface area contributed by atoms with Crippen molar-refractivity contribution in [1.82, 2.24) is 0 Å². The van der Waals surface area contributed by atoms with Crippen LogP contribution in [-0.2, 0) is 6.42 Å². The molecule has 0 N–H and O–H groups in total. The van der Waals surface area contributed by atoms with Crippen LogP contribution in [0, 0.1) is 0 Å². The molecule has 1 heterocycles.